The van der Waals surface area contributed by atoms with Gasteiger partial charge in [-0.1, -0.05) is 12.1 Å². The van der Waals surface area contributed by atoms with Crippen LogP contribution in [0.25, 0.3) is 0 Å². The number of nitrogens with one attached hydrogen (secondary N) is 2. The van der Waals surface area contributed by atoms with Gasteiger partial charge in [-0.2, -0.15) is 8.78 Å². The first-order chi connectivity index (χ1) is 13.3. The molecule has 0 amide bonds. The maximum Gasteiger partial charge on any atom is 0.387 e. The molecule has 11 heteroatoms. The molecule has 1 aromatic carbocycles. The Kier molecular flexibility index (Phi) is 10.9. The summed E-state index contributed by atoms with van der Waals surface area (Å²) in [6.45, 7) is 1.50. The molecule has 0 aliphatic carbocycles. The van der Waals surface area contributed by atoms with Gasteiger partial charge in [0.05, 0.1) is 11.4 Å². The Hall–Kier alpha value is -1.37. The zero-order valence-electron chi connectivity index (χ0n) is 16.6. The summed E-state index contributed by atoms with van der Waals surface area (Å²) in [6, 6.07) is 6.86. The monoisotopic (exact) mass is 546 g/mol. The van der Waals surface area contributed by atoms with Gasteiger partial charge >= 0.3 is 6.61 Å². The second-order valence-electron chi connectivity index (χ2n) is 6.67. The lowest BCUT2D eigenvalue weighted by Gasteiger charge is -2.22. The standard InChI is InChI=1S/C18H28F2N4O3S.HI/c1-3-21-18(22-10-6-12-28(2,25)26)23-14-9-11-24(13-14)15-7-4-5-8-16(15)27-17(19)20;/h4-5,7-8,14,17H,3,6,9-13H2,1-2H3,(H2,21,22,23);1H. The van der Waals surface area contributed by atoms with E-state index in [9.17, 15) is 17.2 Å². The van der Waals surface area contributed by atoms with Gasteiger partial charge in [0.15, 0.2) is 5.96 Å². The number of ether oxygens (including phenoxy) is 1. The Labute approximate surface area is 188 Å². The molecule has 1 aliphatic rings. The van der Waals surface area contributed by atoms with Crippen LogP contribution in [0.3, 0.4) is 0 Å². The van der Waals surface area contributed by atoms with E-state index in [4.69, 9.17) is 0 Å². The molecule has 7 nitrogen and oxygen atoms in total. The molecule has 1 atom stereocenters. The summed E-state index contributed by atoms with van der Waals surface area (Å²) >= 11 is 0. The Morgan fingerprint density at radius 2 is 2.10 bits per heavy atom. The third kappa shape index (κ3) is 9.32. The van der Waals surface area contributed by atoms with Crippen molar-refractivity contribution >= 4 is 45.5 Å². The van der Waals surface area contributed by atoms with Crippen molar-refractivity contribution in [2.75, 3.05) is 43.1 Å². The number of para-hydroxylation sites is 2. The number of anilines is 1. The highest BCUT2D eigenvalue weighted by Crippen LogP contribution is 2.31. The molecule has 2 rings (SSSR count). The number of benzene rings is 1. The number of guanidine groups is 1. The summed E-state index contributed by atoms with van der Waals surface area (Å²) in [7, 11) is -2.99. The van der Waals surface area contributed by atoms with Crippen molar-refractivity contribution in [1.82, 2.24) is 10.6 Å². The lowest BCUT2D eigenvalue weighted by atomic mass is 10.2. The molecule has 0 spiro atoms. The van der Waals surface area contributed by atoms with Crippen LogP contribution in [-0.4, -0.2) is 65.2 Å². The van der Waals surface area contributed by atoms with E-state index in [-0.39, 0.29) is 41.5 Å². The van der Waals surface area contributed by atoms with Crippen LogP contribution in [0.15, 0.2) is 29.3 Å². The van der Waals surface area contributed by atoms with Crippen molar-refractivity contribution in [1.29, 1.82) is 0 Å². The molecular weight excluding hydrogens is 517 g/mol. The van der Waals surface area contributed by atoms with Crippen molar-refractivity contribution in [3.63, 3.8) is 0 Å². The van der Waals surface area contributed by atoms with E-state index in [2.05, 4.69) is 20.4 Å². The van der Waals surface area contributed by atoms with Gasteiger partial charge in [-0.05, 0) is 31.9 Å². The van der Waals surface area contributed by atoms with Crippen molar-refractivity contribution in [2.45, 2.75) is 32.4 Å². The fourth-order valence-electron chi connectivity index (χ4n) is 3.04. The largest absolute Gasteiger partial charge is 0.433 e. The van der Waals surface area contributed by atoms with E-state index in [0.717, 1.165) is 6.42 Å². The fraction of sp³-hybridized carbons (Fsp3) is 0.611. The van der Waals surface area contributed by atoms with Gasteiger partial charge in [0.1, 0.15) is 15.6 Å². The minimum absolute atomic E-state index is 0. The molecule has 1 heterocycles. The van der Waals surface area contributed by atoms with Crippen molar-refractivity contribution in [3.05, 3.63) is 24.3 Å². The highest BCUT2D eigenvalue weighted by atomic mass is 127. The number of hydrogen-bond donors (Lipinski definition) is 2. The number of hydrogen-bond acceptors (Lipinski definition) is 5. The normalized spacial score (nSPS) is 17.2. The van der Waals surface area contributed by atoms with Crippen LogP contribution in [0.4, 0.5) is 14.5 Å². The number of sulfone groups is 1. The first-order valence-corrected chi connectivity index (χ1v) is 11.4. The Bertz CT molecular complexity index is 765. The molecule has 166 valence electrons. The lowest BCUT2D eigenvalue weighted by molar-refractivity contribution is -0.0495. The van der Waals surface area contributed by atoms with Gasteiger partial charge in [-0.3, -0.25) is 4.99 Å². The van der Waals surface area contributed by atoms with Gasteiger partial charge in [0.2, 0.25) is 0 Å². The molecule has 2 N–H and O–H groups in total. The number of alkyl halides is 2. The molecule has 0 aromatic heterocycles. The van der Waals surface area contributed by atoms with Gasteiger partial charge < -0.3 is 20.3 Å². The molecule has 1 aliphatic heterocycles. The average molecular weight is 546 g/mol. The first-order valence-electron chi connectivity index (χ1n) is 9.30. The highest BCUT2D eigenvalue weighted by Gasteiger charge is 2.26. The number of aliphatic imine (C=N–C) groups is 1. The second kappa shape index (κ2) is 12.4. The number of halogens is 3. The van der Waals surface area contributed by atoms with E-state index in [1.54, 1.807) is 18.2 Å². The summed E-state index contributed by atoms with van der Waals surface area (Å²) in [5.41, 5.74) is 0.641. The summed E-state index contributed by atoms with van der Waals surface area (Å²) < 4.78 is 52.3. The van der Waals surface area contributed by atoms with Crippen LogP contribution in [-0.2, 0) is 9.84 Å². The summed E-state index contributed by atoms with van der Waals surface area (Å²) in [5, 5.41) is 6.48. The Balaban J connectivity index is 0.00000420. The third-order valence-corrected chi connectivity index (χ3v) is 5.27. The second-order valence-corrected chi connectivity index (χ2v) is 8.93. The smallest absolute Gasteiger partial charge is 0.387 e. The maximum atomic E-state index is 12.6. The molecule has 29 heavy (non-hydrogen) atoms. The van der Waals surface area contributed by atoms with E-state index < -0.39 is 16.4 Å². The molecule has 0 radical (unpaired) electrons. The summed E-state index contributed by atoms with van der Waals surface area (Å²) in [4.78, 5) is 6.42. The summed E-state index contributed by atoms with van der Waals surface area (Å²) in [6.07, 6.45) is 2.49. The SMILES string of the molecule is CCNC(=NCCCS(C)(=O)=O)NC1CCN(c2ccccc2OC(F)F)C1.I. The maximum absolute atomic E-state index is 12.6. The van der Waals surface area contributed by atoms with E-state index in [0.29, 0.717) is 44.2 Å². The Morgan fingerprint density at radius 3 is 2.76 bits per heavy atom. The van der Waals surface area contributed by atoms with Gasteiger partial charge in [0, 0.05) is 38.5 Å². The van der Waals surface area contributed by atoms with E-state index in [1.165, 1.54) is 12.3 Å². The fourth-order valence-corrected chi connectivity index (χ4v) is 3.70. The van der Waals surface area contributed by atoms with Crippen molar-refractivity contribution in [3.8, 4) is 5.75 Å². The van der Waals surface area contributed by atoms with Crippen LogP contribution in [0.5, 0.6) is 5.75 Å². The lowest BCUT2D eigenvalue weighted by Crippen LogP contribution is -2.44. The quantitative estimate of drug-likeness (QED) is 0.215. The predicted octanol–water partition coefficient (Wildman–Crippen LogP) is 2.47. The number of rotatable bonds is 9. The number of nitrogens with zero attached hydrogens (tertiary/aromatic N) is 2. The van der Waals surface area contributed by atoms with Gasteiger partial charge in [-0.25, -0.2) is 8.42 Å². The average Bonchev–Trinajstić information content (AvgIpc) is 3.06. The van der Waals surface area contributed by atoms with Crippen LogP contribution in [0.1, 0.15) is 19.8 Å². The van der Waals surface area contributed by atoms with Crippen LogP contribution in [0.2, 0.25) is 0 Å². The van der Waals surface area contributed by atoms with E-state index >= 15 is 0 Å². The van der Waals surface area contributed by atoms with Gasteiger partial charge in [0.25, 0.3) is 0 Å². The van der Waals surface area contributed by atoms with Crippen LogP contribution < -0.4 is 20.3 Å². The highest BCUT2D eigenvalue weighted by molar-refractivity contribution is 14.0. The zero-order valence-corrected chi connectivity index (χ0v) is 19.8. The van der Waals surface area contributed by atoms with Crippen molar-refractivity contribution in [2.24, 2.45) is 4.99 Å². The molecule has 1 saturated heterocycles. The van der Waals surface area contributed by atoms with Crippen molar-refractivity contribution < 1.29 is 21.9 Å². The minimum atomic E-state index is -2.99. The minimum Gasteiger partial charge on any atom is -0.433 e. The van der Waals surface area contributed by atoms with Crippen LogP contribution in [0, 0.1) is 0 Å². The molecule has 0 bridgehead atoms. The first kappa shape index (κ1) is 25.7. The topological polar surface area (TPSA) is 83.0 Å². The molecular formula is C18H29F2IN4O3S. The zero-order chi connectivity index (χ0) is 20.6. The summed E-state index contributed by atoms with van der Waals surface area (Å²) in [5.74, 6) is 0.896. The predicted molar refractivity (Wildman–Crippen MR) is 123 cm³/mol. The molecule has 1 unspecified atom stereocenters. The molecule has 1 aromatic rings. The van der Waals surface area contributed by atoms with E-state index in [1.807, 2.05) is 11.8 Å². The molecule has 0 saturated carbocycles. The Morgan fingerprint density at radius 1 is 1.38 bits per heavy atom. The molecule has 1 fully saturated rings. The van der Waals surface area contributed by atoms with Gasteiger partial charge in [-0.15, -0.1) is 24.0 Å². The third-order valence-electron chi connectivity index (χ3n) is 4.24. The van der Waals surface area contributed by atoms with Crippen LogP contribution >= 0.6 is 24.0 Å².